The highest BCUT2D eigenvalue weighted by Crippen LogP contribution is 2.28. The first-order chi connectivity index (χ1) is 9.05. The second kappa shape index (κ2) is 6.26. The molecule has 2 rings (SSSR count). The molecule has 0 spiro atoms. The number of pyridine rings is 1. The fourth-order valence-corrected chi connectivity index (χ4v) is 2.48. The van der Waals surface area contributed by atoms with Crippen molar-refractivity contribution >= 4 is 5.82 Å². The summed E-state index contributed by atoms with van der Waals surface area (Å²) in [7, 11) is 0. The summed E-state index contributed by atoms with van der Waals surface area (Å²) in [6, 6.07) is 4.26. The van der Waals surface area contributed by atoms with Gasteiger partial charge in [0.25, 0.3) is 0 Å². The molecular formula is C14H19F3N2. The van der Waals surface area contributed by atoms with Crippen LogP contribution in [0.15, 0.2) is 18.2 Å². The third-order valence-electron chi connectivity index (χ3n) is 3.50. The molecule has 1 N–H and O–H groups in total. The van der Waals surface area contributed by atoms with E-state index in [1.807, 2.05) is 0 Å². The maximum Gasteiger partial charge on any atom is 0.433 e. The van der Waals surface area contributed by atoms with Crippen LogP contribution < -0.4 is 5.32 Å². The largest absolute Gasteiger partial charge is 0.433 e. The highest BCUT2D eigenvalue weighted by atomic mass is 19.4. The average Bonchev–Trinajstić information content (AvgIpc) is 2.32. The van der Waals surface area contributed by atoms with E-state index >= 15 is 0 Å². The summed E-state index contributed by atoms with van der Waals surface area (Å²) >= 11 is 0. The lowest BCUT2D eigenvalue weighted by atomic mass is 9.97. The number of nitrogens with zero attached hydrogens (tertiary/aromatic N) is 1. The van der Waals surface area contributed by atoms with E-state index in [9.17, 15) is 13.2 Å². The van der Waals surface area contributed by atoms with Gasteiger partial charge in [-0.25, -0.2) is 4.98 Å². The minimum absolute atomic E-state index is 0.247. The lowest BCUT2D eigenvalue weighted by molar-refractivity contribution is -0.141. The Morgan fingerprint density at radius 2 is 1.63 bits per heavy atom. The van der Waals surface area contributed by atoms with Gasteiger partial charge in [-0.15, -0.1) is 0 Å². The summed E-state index contributed by atoms with van der Waals surface area (Å²) in [5, 5.41) is 3.15. The van der Waals surface area contributed by atoms with Crippen molar-refractivity contribution in [3.63, 3.8) is 0 Å². The lowest BCUT2D eigenvalue weighted by Crippen LogP contribution is -2.22. The van der Waals surface area contributed by atoms with Gasteiger partial charge in [-0.3, -0.25) is 0 Å². The number of halogens is 3. The van der Waals surface area contributed by atoms with Gasteiger partial charge in [-0.05, 0) is 25.0 Å². The van der Waals surface area contributed by atoms with Gasteiger partial charge >= 0.3 is 6.18 Å². The summed E-state index contributed by atoms with van der Waals surface area (Å²) in [4.78, 5) is 3.66. The molecule has 106 valence electrons. The Balaban J connectivity index is 2.01. The number of aromatic nitrogens is 1. The van der Waals surface area contributed by atoms with E-state index < -0.39 is 11.9 Å². The molecule has 1 aromatic heterocycles. The van der Waals surface area contributed by atoms with E-state index in [0.29, 0.717) is 5.82 Å². The molecule has 5 heteroatoms. The molecule has 1 fully saturated rings. The third-order valence-corrected chi connectivity index (χ3v) is 3.50. The molecule has 1 saturated carbocycles. The molecule has 1 heterocycles. The molecule has 1 aromatic rings. The fraction of sp³-hybridized carbons (Fsp3) is 0.643. The van der Waals surface area contributed by atoms with Gasteiger partial charge in [-0.1, -0.05) is 38.2 Å². The van der Waals surface area contributed by atoms with Crippen LogP contribution in [0.3, 0.4) is 0 Å². The van der Waals surface area contributed by atoms with E-state index in [0.717, 1.165) is 31.7 Å². The molecule has 0 atom stereocenters. The molecule has 1 aliphatic rings. The predicted octanol–water partition coefficient (Wildman–Crippen LogP) is 4.63. The standard InChI is InChI=1S/C14H19F3N2/c15-14(16,17)12-9-6-10-13(19-12)18-11-7-4-2-1-3-5-8-11/h6,9-11H,1-5,7-8H2,(H,18,19). The Morgan fingerprint density at radius 1 is 1.00 bits per heavy atom. The van der Waals surface area contributed by atoms with Gasteiger partial charge in [0.1, 0.15) is 11.5 Å². The van der Waals surface area contributed by atoms with Crippen LogP contribution >= 0.6 is 0 Å². The Kier molecular flexibility index (Phi) is 4.66. The van der Waals surface area contributed by atoms with Gasteiger partial charge in [0, 0.05) is 6.04 Å². The van der Waals surface area contributed by atoms with Crippen LogP contribution in [0.5, 0.6) is 0 Å². The summed E-state index contributed by atoms with van der Waals surface area (Å²) in [6.07, 6.45) is 3.62. The molecule has 0 aliphatic heterocycles. The minimum atomic E-state index is -4.38. The van der Waals surface area contributed by atoms with Crippen molar-refractivity contribution in [3.05, 3.63) is 23.9 Å². The van der Waals surface area contributed by atoms with Gasteiger partial charge in [0.15, 0.2) is 0 Å². The van der Waals surface area contributed by atoms with E-state index in [4.69, 9.17) is 0 Å². The third kappa shape index (κ3) is 4.40. The summed E-state index contributed by atoms with van der Waals surface area (Å²) < 4.78 is 37.7. The van der Waals surface area contributed by atoms with Crippen LogP contribution in [0.2, 0.25) is 0 Å². The summed E-state index contributed by atoms with van der Waals surface area (Å²) in [5.41, 5.74) is -0.830. The molecule has 2 nitrogen and oxygen atoms in total. The van der Waals surface area contributed by atoms with Crippen LogP contribution in [-0.2, 0) is 6.18 Å². The van der Waals surface area contributed by atoms with Gasteiger partial charge in [0.05, 0.1) is 0 Å². The maximum absolute atomic E-state index is 12.6. The van der Waals surface area contributed by atoms with Crippen molar-refractivity contribution in [2.75, 3.05) is 5.32 Å². The lowest BCUT2D eigenvalue weighted by Gasteiger charge is -2.21. The molecule has 0 radical (unpaired) electrons. The summed E-state index contributed by atoms with van der Waals surface area (Å²) in [5.74, 6) is 0.334. The predicted molar refractivity (Wildman–Crippen MR) is 69.0 cm³/mol. The number of alkyl halides is 3. The molecular weight excluding hydrogens is 253 g/mol. The Morgan fingerprint density at radius 3 is 2.26 bits per heavy atom. The van der Waals surface area contributed by atoms with Gasteiger partial charge in [0.2, 0.25) is 0 Å². The number of hydrogen-bond acceptors (Lipinski definition) is 2. The molecule has 0 bridgehead atoms. The number of rotatable bonds is 2. The van der Waals surface area contributed by atoms with Crippen LogP contribution in [0, 0.1) is 0 Å². The summed E-state index contributed by atoms with van der Waals surface area (Å²) in [6.45, 7) is 0. The van der Waals surface area contributed by atoms with Gasteiger partial charge in [-0.2, -0.15) is 13.2 Å². The smallest absolute Gasteiger partial charge is 0.367 e. The zero-order valence-corrected chi connectivity index (χ0v) is 10.8. The second-order valence-electron chi connectivity index (χ2n) is 5.09. The molecule has 1 aliphatic carbocycles. The van der Waals surface area contributed by atoms with Crippen LogP contribution in [0.4, 0.5) is 19.0 Å². The molecule has 0 saturated heterocycles. The van der Waals surface area contributed by atoms with Crippen molar-refractivity contribution in [1.29, 1.82) is 0 Å². The van der Waals surface area contributed by atoms with Crippen LogP contribution in [0.1, 0.15) is 50.6 Å². The highest BCUT2D eigenvalue weighted by Gasteiger charge is 2.32. The normalized spacial score (nSPS) is 18.7. The average molecular weight is 272 g/mol. The van der Waals surface area contributed by atoms with Crippen molar-refractivity contribution in [2.24, 2.45) is 0 Å². The topological polar surface area (TPSA) is 24.9 Å². The van der Waals surface area contributed by atoms with Crippen molar-refractivity contribution in [2.45, 2.75) is 57.2 Å². The number of hydrogen-bond donors (Lipinski definition) is 1. The SMILES string of the molecule is FC(F)(F)c1cccc(NC2CCCCCCC2)n1. The quantitative estimate of drug-likeness (QED) is 0.849. The van der Waals surface area contributed by atoms with E-state index in [2.05, 4.69) is 10.3 Å². The Bertz CT molecular complexity index is 396. The van der Waals surface area contributed by atoms with Crippen molar-refractivity contribution in [1.82, 2.24) is 4.98 Å². The van der Waals surface area contributed by atoms with Crippen LogP contribution in [-0.4, -0.2) is 11.0 Å². The fourth-order valence-electron chi connectivity index (χ4n) is 2.48. The first kappa shape index (κ1) is 14.2. The Labute approximate surface area is 111 Å². The zero-order valence-electron chi connectivity index (χ0n) is 10.8. The minimum Gasteiger partial charge on any atom is -0.367 e. The van der Waals surface area contributed by atoms with Gasteiger partial charge < -0.3 is 5.32 Å². The van der Waals surface area contributed by atoms with Crippen molar-refractivity contribution < 1.29 is 13.2 Å². The highest BCUT2D eigenvalue weighted by molar-refractivity contribution is 5.37. The molecule has 19 heavy (non-hydrogen) atoms. The van der Waals surface area contributed by atoms with E-state index in [-0.39, 0.29) is 6.04 Å². The second-order valence-corrected chi connectivity index (χ2v) is 5.09. The monoisotopic (exact) mass is 272 g/mol. The first-order valence-corrected chi connectivity index (χ1v) is 6.86. The maximum atomic E-state index is 12.6. The van der Waals surface area contributed by atoms with E-state index in [1.54, 1.807) is 6.07 Å². The number of anilines is 1. The molecule has 0 aromatic carbocycles. The zero-order chi connectivity index (χ0) is 13.7. The van der Waals surface area contributed by atoms with E-state index in [1.165, 1.54) is 25.3 Å². The molecule has 0 amide bonds. The first-order valence-electron chi connectivity index (χ1n) is 6.86. The molecule has 0 unspecified atom stereocenters. The number of nitrogens with one attached hydrogen (secondary N) is 1. The van der Waals surface area contributed by atoms with Crippen LogP contribution in [0.25, 0.3) is 0 Å². The Hall–Kier alpha value is -1.26. The van der Waals surface area contributed by atoms with Crippen molar-refractivity contribution in [3.8, 4) is 0 Å².